The third-order valence-electron chi connectivity index (χ3n) is 3.79. The van der Waals surface area contributed by atoms with Crippen LogP contribution < -0.4 is 14.5 Å². The van der Waals surface area contributed by atoms with E-state index in [1.165, 1.54) is 6.21 Å². The van der Waals surface area contributed by atoms with Gasteiger partial charge in [-0.3, -0.25) is 9.10 Å². The van der Waals surface area contributed by atoms with Crippen molar-refractivity contribution in [1.82, 2.24) is 5.43 Å². The quantitative estimate of drug-likeness (QED) is 0.522. The minimum atomic E-state index is -3.69. The highest BCUT2D eigenvalue weighted by Gasteiger charge is 2.22. The zero-order chi connectivity index (χ0) is 20.7. The highest BCUT2D eigenvalue weighted by atomic mass is 35.5. The monoisotopic (exact) mass is 423 g/mol. The van der Waals surface area contributed by atoms with Crippen molar-refractivity contribution in [2.45, 2.75) is 13.8 Å². The Morgan fingerprint density at radius 2 is 1.93 bits per heavy atom. The molecule has 0 aliphatic rings. The molecule has 0 unspecified atom stereocenters. The summed E-state index contributed by atoms with van der Waals surface area (Å²) in [5.41, 5.74) is 4.01. The second-order valence-corrected chi connectivity index (χ2v) is 8.26. The molecular formula is C19H22ClN3O4S. The number of ether oxygens (including phenoxy) is 1. The molecule has 2 rings (SSSR count). The average molecular weight is 424 g/mol. The predicted octanol–water partition coefficient (Wildman–Crippen LogP) is 2.96. The SMILES string of the molecule is CCOc1ccc(/C=N\NC(=O)CN(c2cccc(Cl)c2C)S(C)(=O)=O)cc1. The van der Waals surface area contributed by atoms with Crippen molar-refractivity contribution in [2.24, 2.45) is 5.10 Å². The van der Waals surface area contributed by atoms with Gasteiger partial charge in [-0.1, -0.05) is 17.7 Å². The Kier molecular flexibility index (Phi) is 7.42. The van der Waals surface area contributed by atoms with Gasteiger partial charge in [0.1, 0.15) is 12.3 Å². The van der Waals surface area contributed by atoms with E-state index < -0.39 is 22.5 Å². The van der Waals surface area contributed by atoms with Gasteiger partial charge in [0.05, 0.1) is 24.8 Å². The first-order valence-corrected chi connectivity index (χ1v) is 10.7. The lowest BCUT2D eigenvalue weighted by Gasteiger charge is -2.23. The molecule has 1 amide bonds. The van der Waals surface area contributed by atoms with Crippen LogP contribution in [0.1, 0.15) is 18.1 Å². The minimum absolute atomic E-state index is 0.348. The number of carbonyl (C=O) groups excluding carboxylic acids is 1. The molecule has 0 bridgehead atoms. The van der Waals surface area contributed by atoms with E-state index in [9.17, 15) is 13.2 Å². The number of carbonyl (C=O) groups is 1. The van der Waals surface area contributed by atoms with Crippen molar-refractivity contribution in [3.8, 4) is 5.75 Å². The van der Waals surface area contributed by atoms with Gasteiger partial charge in [-0.25, -0.2) is 13.8 Å². The Labute approximate surface area is 170 Å². The molecule has 0 radical (unpaired) electrons. The van der Waals surface area contributed by atoms with Gasteiger partial charge in [-0.2, -0.15) is 5.10 Å². The Bertz CT molecular complexity index is 960. The highest BCUT2D eigenvalue weighted by Crippen LogP contribution is 2.27. The van der Waals surface area contributed by atoms with Crippen molar-refractivity contribution in [1.29, 1.82) is 0 Å². The van der Waals surface area contributed by atoms with Gasteiger partial charge in [0.2, 0.25) is 10.0 Å². The number of nitrogens with one attached hydrogen (secondary N) is 1. The number of sulfonamides is 1. The summed E-state index contributed by atoms with van der Waals surface area (Å²) in [6.07, 6.45) is 2.49. The van der Waals surface area contributed by atoms with E-state index in [0.29, 0.717) is 22.9 Å². The summed E-state index contributed by atoms with van der Waals surface area (Å²) in [6, 6.07) is 12.0. The molecule has 2 aromatic rings. The molecule has 0 atom stereocenters. The van der Waals surface area contributed by atoms with Crippen LogP contribution in [0.5, 0.6) is 5.75 Å². The molecule has 150 valence electrons. The Morgan fingerprint density at radius 1 is 1.25 bits per heavy atom. The lowest BCUT2D eigenvalue weighted by molar-refractivity contribution is -0.119. The summed E-state index contributed by atoms with van der Waals surface area (Å²) in [4.78, 5) is 12.2. The normalized spacial score (nSPS) is 11.4. The Balaban J connectivity index is 2.07. The van der Waals surface area contributed by atoms with Crippen molar-refractivity contribution in [3.63, 3.8) is 0 Å². The minimum Gasteiger partial charge on any atom is -0.494 e. The maximum absolute atomic E-state index is 12.2. The van der Waals surface area contributed by atoms with Crippen molar-refractivity contribution < 1.29 is 17.9 Å². The van der Waals surface area contributed by atoms with Crippen LogP contribution >= 0.6 is 11.6 Å². The molecule has 0 spiro atoms. The van der Waals surface area contributed by atoms with Crippen LogP contribution in [0.3, 0.4) is 0 Å². The number of anilines is 1. The molecule has 0 aromatic heterocycles. The van der Waals surface area contributed by atoms with E-state index in [0.717, 1.165) is 21.9 Å². The summed E-state index contributed by atoms with van der Waals surface area (Å²) < 4.78 is 30.7. The summed E-state index contributed by atoms with van der Waals surface area (Å²) in [5.74, 6) is 0.163. The van der Waals surface area contributed by atoms with Crippen LogP contribution in [0.2, 0.25) is 5.02 Å². The maximum atomic E-state index is 12.2. The van der Waals surface area contributed by atoms with Gasteiger partial charge >= 0.3 is 0 Å². The fourth-order valence-electron chi connectivity index (χ4n) is 2.41. The van der Waals surface area contributed by atoms with E-state index >= 15 is 0 Å². The third-order valence-corrected chi connectivity index (χ3v) is 5.33. The fraction of sp³-hybridized carbons (Fsp3) is 0.263. The first kappa shape index (κ1) is 21.7. The van der Waals surface area contributed by atoms with Crippen molar-refractivity contribution >= 4 is 39.4 Å². The van der Waals surface area contributed by atoms with E-state index in [2.05, 4.69) is 10.5 Å². The molecular weight excluding hydrogens is 402 g/mol. The molecule has 1 N–H and O–H groups in total. The average Bonchev–Trinajstić information content (AvgIpc) is 2.63. The van der Waals surface area contributed by atoms with Gasteiger partial charge in [-0.05, 0) is 61.4 Å². The van der Waals surface area contributed by atoms with Gasteiger partial charge in [0, 0.05) is 5.02 Å². The lowest BCUT2D eigenvalue weighted by atomic mass is 10.2. The number of hydrazone groups is 1. The molecule has 0 fully saturated rings. The highest BCUT2D eigenvalue weighted by molar-refractivity contribution is 7.92. The van der Waals surface area contributed by atoms with E-state index in [4.69, 9.17) is 16.3 Å². The second-order valence-electron chi connectivity index (χ2n) is 5.95. The number of hydrogen-bond donors (Lipinski definition) is 1. The van der Waals surface area contributed by atoms with Crippen LogP contribution in [0.4, 0.5) is 5.69 Å². The molecule has 0 saturated carbocycles. The van der Waals surface area contributed by atoms with Gasteiger partial charge in [0.15, 0.2) is 0 Å². The first-order valence-electron chi connectivity index (χ1n) is 8.50. The lowest BCUT2D eigenvalue weighted by Crippen LogP contribution is -2.39. The predicted molar refractivity (Wildman–Crippen MR) is 112 cm³/mol. The number of rotatable bonds is 8. The number of benzene rings is 2. The zero-order valence-electron chi connectivity index (χ0n) is 15.8. The molecule has 0 saturated heterocycles. The van der Waals surface area contributed by atoms with Crippen LogP contribution in [0.25, 0.3) is 0 Å². The van der Waals surface area contributed by atoms with Crippen LogP contribution in [-0.2, 0) is 14.8 Å². The van der Waals surface area contributed by atoms with Crippen LogP contribution in [0, 0.1) is 6.92 Å². The number of nitrogens with zero attached hydrogens (tertiary/aromatic N) is 2. The Hall–Kier alpha value is -2.58. The summed E-state index contributed by atoms with van der Waals surface area (Å²) in [5, 5.41) is 4.29. The van der Waals surface area contributed by atoms with E-state index in [-0.39, 0.29) is 0 Å². The van der Waals surface area contributed by atoms with Crippen LogP contribution in [-0.4, -0.2) is 39.9 Å². The first-order chi connectivity index (χ1) is 13.2. The van der Waals surface area contributed by atoms with Crippen molar-refractivity contribution in [3.05, 3.63) is 58.6 Å². The van der Waals surface area contributed by atoms with Gasteiger partial charge < -0.3 is 4.74 Å². The summed E-state index contributed by atoms with van der Waals surface area (Å²) in [7, 11) is -3.69. The Morgan fingerprint density at radius 3 is 2.54 bits per heavy atom. The van der Waals surface area contributed by atoms with Crippen molar-refractivity contribution in [2.75, 3.05) is 23.7 Å². The topological polar surface area (TPSA) is 88.1 Å². The zero-order valence-corrected chi connectivity index (χ0v) is 17.4. The second kappa shape index (κ2) is 9.57. The summed E-state index contributed by atoms with van der Waals surface area (Å²) in [6.45, 7) is 3.75. The summed E-state index contributed by atoms with van der Waals surface area (Å²) >= 11 is 6.07. The molecule has 0 heterocycles. The van der Waals surface area contributed by atoms with E-state index in [1.807, 2.05) is 6.92 Å². The number of amides is 1. The number of hydrogen-bond acceptors (Lipinski definition) is 5. The molecule has 7 nitrogen and oxygen atoms in total. The molecule has 2 aromatic carbocycles. The van der Waals surface area contributed by atoms with Gasteiger partial charge in [0.25, 0.3) is 5.91 Å². The largest absolute Gasteiger partial charge is 0.494 e. The van der Waals surface area contributed by atoms with Gasteiger partial charge in [-0.15, -0.1) is 0 Å². The molecule has 0 aliphatic heterocycles. The number of halogens is 1. The standard InChI is InChI=1S/C19H22ClN3O4S/c1-4-27-16-10-8-15(9-11-16)12-21-22-19(24)13-23(28(3,25)26)18-7-5-6-17(20)14(18)2/h5-12H,4,13H2,1-3H3,(H,22,24)/b21-12-. The molecule has 0 aliphatic carbocycles. The smallest absolute Gasteiger partial charge is 0.260 e. The third kappa shape index (κ3) is 5.97. The molecule has 9 heteroatoms. The maximum Gasteiger partial charge on any atom is 0.260 e. The van der Waals surface area contributed by atoms with Crippen LogP contribution in [0.15, 0.2) is 47.6 Å². The van der Waals surface area contributed by atoms with E-state index in [1.54, 1.807) is 49.4 Å². The fourth-order valence-corrected chi connectivity index (χ4v) is 3.49. The molecule has 28 heavy (non-hydrogen) atoms.